The molecule has 0 saturated carbocycles. The monoisotopic (exact) mass is 308 g/mol. The summed E-state index contributed by atoms with van der Waals surface area (Å²) in [6.45, 7) is 10.3. The van der Waals surface area contributed by atoms with E-state index in [-0.39, 0.29) is 6.10 Å². The van der Waals surface area contributed by atoms with E-state index in [4.69, 9.17) is 18.6 Å². The minimum Gasteiger partial charge on any atom is -0.402 e. The van der Waals surface area contributed by atoms with E-state index in [0.717, 1.165) is 5.56 Å². The summed E-state index contributed by atoms with van der Waals surface area (Å²) >= 11 is 0. The van der Waals surface area contributed by atoms with E-state index in [2.05, 4.69) is 31.8 Å². The van der Waals surface area contributed by atoms with Crippen molar-refractivity contribution in [3.63, 3.8) is 0 Å². The molecule has 0 aromatic heterocycles. The molecule has 0 N–H and O–H groups in total. The second kappa shape index (κ2) is 5.17. The van der Waals surface area contributed by atoms with Crippen LogP contribution < -0.4 is 0 Å². The number of hydrogen-bond acceptors (Lipinski definition) is 4. The Morgan fingerprint density at radius 3 is 2.19 bits per heavy atom. The van der Waals surface area contributed by atoms with Gasteiger partial charge in [-0.1, -0.05) is 30.3 Å². The lowest BCUT2D eigenvalue weighted by atomic mass is 9.80. The van der Waals surface area contributed by atoms with E-state index in [9.17, 15) is 0 Å². The van der Waals surface area contributed by atoms with Crippen molar-refractivity contribution in [2.24, 2.45) is 0 Å². The maximum Gasteiger partial charge on any atom is 0.199 e. The number of ether oxygens (including phenoxy) is 3. The fourth-order valence-corrected chi connectivity index (χ4v) is 4.61. The van der Waals surface area contributed by atoms with Gasteiger partial charge in [-0.3, -0.25) is 0 Å². The Hall–Kier alpha value is -0.723. The van der Waals surface area contributed by atoms with E-state index in [0.29, 0.717) is 19.8 Å². The molecule has 2 aliphatic rings. The molecule has 4 nitrogen and oxygen atoms in total. The second-order valence-corrected chi connectivity index (χ2v) is 11.3. The van der Waals surface area contributed by atoms with Crippen LogP contribution in [0.4, 0.5) is 0 Å². The molecule has 5 heteroatoms. The maximum atomic E-state index is 6.58. The Balaban J connectivity index is 1.97. The predicted octanol–water partition coefficient (Wildman–Crippen LogP) is 3.11. The first-order valence-electron chi connectivity index (χ1n) is 7.51. The van der Waals surface area contributed by atoms with Crippen molar-refractivity contribution in [1.29, 1.82) is 0 Å². The molecule has 2 aliphatic heterocycles. The molecule has 3 rings (SSSR count). The molecule has 2 atom stereocenters. The summed E-state index contributed by atoms with van der Waals surface area (Å²) in [6, 6.07) is 10.2. The van der Waals surface area contributed by atoms with Gasteiger partial charge in [-0.15, -0.1) is 0 Å². The van der Waals surface area contributed by atoms with Crippen molar-refractivity contribution in [2.75, 3.05) is 19.8 Å². The highest BCUT2D eigenvalue weighted by Crippen LogP contribution is 2.52. The first-order chi connectivity index (χ1) is 9.86. The third-order valence-electron chi connectivity index (χ3n) is 4.09. The molecule has 2 fully saturated rings. The largest absolute Gasteiger partial charge is 0.402 e. The van der Waals surface area contributed by atoms with Gasteiger partial charge in [0.2, 0.25) is 0 Å². The summed E-state index contributed by atoms with van der Waals surface area (Å²) < 4.78 is 24.4. The molecular weight excluding hydrogens is 284 g/mol. The summed E-state index contributed by atoms with van der Waals surface area (Å²) in [5.41, 5.74) is 0.553. The molecular formula is C16H24O4Si. The summed E-state index contributed by atoms with van der Waals surface area (Å²) in [5, 5.41) is 0. The van der Waals surface area contributed by atoms with Crippen LogP contribution >= 0.6 is 0 Å². The smallest absolute Gasteiger partial charge is 0.199 e. The van der Waals surface area contributed by atoms with E-state index < -0.39 is 19.7 Å². The van der Waals surface area contributed by atoms with Gasteiger partial charge in [0.1, 0.15) is 6.10 Å². The van der Waals surface area contributed by atoms with Crippen LogP contribution in [0.3, 0.4) is 0 Å². The zero-order chi connectivity index (χ0) is 15.1. The van der Waals surface area contributed by atoms with Crippen LogP contribution in [0.1, 0.15) is 18.6 Å². The topological polar surface area (TPSA) is 36.9 Å². The van der Waals surface area contributed by atoms with Gasteiger partial charge in [-0.2, -0.15) is 0 Å². The Labute approximate surface area is 127 Å². The molecule has 0 aliphatic carbocycles. The van der Waals surface area contributed by atoms with Gasteiger partial charge in [0.25, 0.3) is 0 Å². The van der Waals surface area contributed by atoms with Crippen molar-refractivity contribution < 1.29 is 18.6 Å². The van der Waals surface area contributed by atoms with Crippen molar-refractivity contribution in [3.05, 3.63) is 35.9 Å². The molecule has 0 unspecified atom stereocenters. The average molecular weight is 308 g/mol. The lowest BCUT2D eigenvalue weighted by Gasteiger charge is -2.57. The fourth-order valence-electron chi connectivity index (χ4n) is 3.16. The van der Waals surface area contributed by atoms with Gasteiger partial charge >= 0.3 is 0 Å². The summed E-state index contributed by atoms with van der Waals surface area (Å²) in [7, 11) is -1.79. The van der Waals surface area contributed by atoms with Gasteiger partial charge in [-0.05, 0) is 32.1 Å². The highest BCUT2D eigenvalue weighted by molar-refractivity contribution is 6.69. The zero-order valence-electron chi connectivity index (χ0n) is 13.2. The summed E-state index contributed by atoms with van der Waals surface area (Å²) in [4.78, 5) is 0. The molecule has 1 aromatic carbocycles. The average Bonchev–Trinajstić information content (AvgIpc) is 2.83. The Morgan fingerprint density at radius 1 is 1.10 bits per heavy atom. The van der Waals surface area contributed by atoms with Gasteiger partial charge in [0.05, 0.1) is 19.8 Å². The van der Waals surface area contributed by atoms with Crippen LogP contribution in [0.25, 0.3) is 0 Å². The normalized spacial score (nSPS) is 31.9. The van der Waals surface area contributed by atoms with Crippen molar-refractivity contribution >= 4 is 8.32 Å². The quantitative estimate of drug-likeness (QED) is 0.801. The van der Waals surface area contributed by atoms with Crippen LogP contribution in [-0.4, -0.2) is 39.5 Å². The predicted molar refractivity (Wildman–Crippen MR) is 82.6 cm³/mol. The van der Waals surface area contributed by atoms with Gasteiger partial charge < -0.3 is 18.6 Å². The van der Waals surface area contributed by atoms with E-state index >= 15 is 0 Å². The third kappa shape index (κ3) is 2.57. The molecule has 21 heavy (non-hydrogen) atoms. The molecule has 116 valence electrons. The van der Waals surface area contributed by atoms with E-state index in [1.54, 1.807) is 0 Å². The van der Waals surface area contributed by atoms with E-state index in [1.165, 1.54) is 0 Å². The first-order valence-corrected chi connectivity index (χ1v) is 10.9. The highest BCUT2D eigenvalue weighted by Gasteiger charge is 2.66. The van der Waals surface area contributed by atoms with Crippen LogP contribution in [0.2, 0.25) is 19.6 Å². The summed E-state index contributed by atoms with van der Waals surface area (Å²) in [5.74, 6) is -0.744. The highest BCUT2D eigenvalue weighted by atomic mass is 28.4. The number of rotatable bonds is 4. The molecule has 2 saturated heterocycles. The second-order valence-electron chi connectivity index (χ2n) is 6.85. The van der Waals surface area contributed by atoms with Gasteiger partial charge in [-0.25, -0.2) is 0 Å². The Kier molecular flexibility index (Phi) is 3.74. The molecule has 0 amide bonds. The SMILES string of the molecule is CC1([C@@]2(O[Si](C)(C)C)CO[C@@H]2c2ccccc2)OCCO1. The Morgan fingerprint density at radius 2 is 1.71 bits per heavy atom. The first kappa shape index (κ1) is 15.2. The van der Waals surface area contributed by atoms with E-state index in [1.807, 2.05) is 25.1 Å². The van der Waals surface area contributed by atoms with Crippen molar-refractivity contribution in [1.82, 2.24) is 0 Å². The third-order valence-corrected chi connectivity index (χ3v) is 5.06. The number of benzene rings is 1. The molecule has 0 radical (unpaired) electrons. The van der Waals surface area contributed by atoms with Crippen LogP contribution in [0, 0.1) is 0 Å². The zero-order valence-corrected chi connectivity index (χ0v) is 14.2. The maximum absolute atomic E-state index is 6.58. The molecule has 0 spiro atoms. The van der Waals surface area contributed by atoms with Crippen molar-refractivity contribution in [3.8, 4) is 0 Å². The molecule has 0 bridgehead atoms. The summed E-state index contributed by atoms with van der Waals surface area (Å²) in [6.07, 6.45) is -0.145. The standard InChI is InChI=1S/C16H24O4Si/c1-15(18-10-11-19-15)16(20-21(2,3)4)12-17-14(16)13-8-6-5-7-9-13/h5-9,14H,10-12H2,1-4H3/t14-,16-/m1/s1. The minimum absolute atomic E-state index is 0.145. The van der Waals surface area contributed by atoms with Crippen LogP contribution in [-0.2, 0) is 18.6 Å². The molecule has 2 heterocycles. The number of hydrogen-bond donors (Lipinski definition) is 0. The van der Waals surface area contributed by atoms with Crippen molar-refractivity contribution in [2.45, 2.75) is 44.1 Å². The fraction of sp³-hybridized carbons (Fsp3) is 0.625. The Bertz CT molecular complexity index is 493. The van der Waals surface area contributed by atoms with Gasteiger partial charge in [0, 0.05) is 0 Å². The lowest BCUT2D eigenvalue weighted by molar-refractivity contribution is -0.356. The minimum atomic E-state index is -1.79. The van der Waals surface area contributed by atoms with Gasteiger partial charge in [0.15, 0.2) is 19.7 Å². The van der Waals surface area contributed by atoms with Crippen LogP contribution in [0.15, 0.2) is 30.3 Å². The van der Waals surface area contributed by atoms with Crippen LogP contribution in [0.5, 0.6) is 0 Å². The molecule has 1 aromatic rings. The lowest BCUT2D eigenvalue weighted by Crippen LogP contribution is -2.70.